The predicted octanol–water partition coefficient (Wildman–Crippen LogP) is 2.58. The molecule has 1 fully saturated rings. The van der Waals surface area contributed by atoms with E-state index in [0.717, 1.165) is 44.8 Å². The summed E-state index contributed by atoms with van der Waals surface area (Å²) in [6.07, 6.45) is 1.88. The molecule has 4 heteroatoms. The van der Waals surface area contributed by atoms with Gasteiger partial charge in [0.2, 0.25) is 0 Å². The standard InChI is InChI=1S/C19H22N4/c1-16-3-2-8-21-19(16)15-23-11-9-22(10-12-23)14-18-6-4-17(13-20)5-7-18/h2-8H,9-12,14-15H2,1H3. The highest BCUT2D eigenvalue weighted by Crippen LogP contribution is 2.13. The van der Waals surface area contributed by atoms with Gasteiger partial charge < -0.3 is 0 Å². The summed E-state index contributed by atoms with van der Waals surface area (Å²) in [5.74, 6) is 0. The summed E-state index contributed by atoms with van der Waals surface area (Å²) in [5.41, 5.74) is 4.46. The first-order chi connectivity index (χ1) is 11.2. The molecule has 0 bridgehead atoms. The van der Waals surface area contributed by atoms with Crippen LogP contribution in [0.15, 0.2) is 42.6 Å². The van der Waals surface area contributed by atoms with E-state index < -0.39 is 0 Å². The third-order valence-corrected chi connectivity index (χ3v) is 4.45. The van der Waals surface area contributed by atoms with Crippen LogP contribution in [-0.4, -0.2) is 41.0 Å². The quantitative estimate of drug-likeness (QED) is 0.871. The van der Waals surface area contributed by atoms with E-state index in [1.54, 1.807) is 0 Å². The average molecular weight is 306 g/mol. The molecule has 23 heavy (non-hydrogen) atoms. The molecule has 3 rings (SSSR count). The number of pyridine rings is 1. The number of benzene rings is 1. The highest BCUT2D eigenvalue weighted by Gasteiger charge is 2.17. The van der Waals surface area contributed by atoms with Crippen molar-refractivity contribution in [2.75, 3.05) is 26.2 Å². The Kier molecular flexibility index (Phi) is 5.02. The minimum Gasteiger partial charge on any atom is -0.297 e. The van der Waals surface area contributed by atoms with Gasteiger partial charge in [0.05, 0.1) is 17.3 Å². The predicted molar refractivity (Wildman–Crippen MR) is 90.7 cm³/mol. The molecule has 0 radical (unpaired) electrons. The summed E-state index contributed by atoms with van der Waals surface area (Å²) in [6.45, 7) is 8.33. The Morgan fingerprint density at radius 2 is 1.65 bits per heavy atom. The van der Waals surface area contributed by atoms with Gasteiger partial charge in [0, 0.05) is 45.5 Å². The van der Waals surface area contributed by atoms with Crippen LogP contribution in [0.3, 0.4) is 0 Å². The Hall–Kier alpha value is -2.22. The Morgan fingerprint density at radius 1 is 1.00 bits per heavy atom. The number of nitriles is 1. The van der Waals surface area contributed by atoms with Crippen LogP contribution in [0.5, 0.6) is 0 Å². The fourth-order valence-corrected chi connectivity index (χ4v) is 2.94. The van der Waals surface area contributed by atoms with E-state index in [4.69, 9.17) is 5.26 Å². The SMILES string of the molecule is Cc1cccnc1CN1CCN(Cc2ccc(C#N)cc2)CC1. The number of hydrogen-bond donors (Lipinski definition) is 0. The van der Waals surface area contributed by atoms with Gasteiger partial charge in [-0.3, -0.25) is 14.8 Å². The summed E-state index contributed by atoms with van der Waals surface area (Å²) >= 11 is 0. The molecule has 0 atom stereocenters. The normalized spacial score (nSPS) is 16.2. The van der Waals surface area contributed by atoms with Gasteiger partial charge in [-0.15, -0.1) is 0 Å². The summed E-state index contributed by atoms with van der Waals surface area (Å²) in [5, 5.41) is 8.85. The van der Waals surface area contributed by atoms with Crippen molar-refractivity contribution in [1.82, 2.24) is 14.8 Å². The summed E-state index contributed by atoms with van der Waals surface area (Å²) in [7, 11) is 0. The lowest BCUT2D eigenvalue weighted by Crippen LogP contribution is -2.45. The number of hydrogen-bond acceptors (Lipinski definition) is 4. The largest absolute Gasteiger partial charge is 0.297 e. The maximum atomic E-state index is 8.85. The molecule has 1 aromatic carbocycles. The molecule has 118 valence electrons. The molecule has 0 amide bonds. The molecule has 1 saturated heterocycles. The molecule has 4 nitrogen and oxygen atoms in total. The van der Waals surface area contributed by atoms with Gasteiger partial charge in [0.15, 0.2) is 0 Å². The van der Waals surface area contributed by atoms with E-state index in [-0.39, 0.29) is 0 Å². The van der Waals surface area contributed by atoms with Gasteiger partial charge >= 0.3 is 0 Å². The van der Waals surface area contributed by atoms with E-state index in [0.29, 0.717) is 0 Å². The van der Waals surface area contributed by atoms with Crippen molar-refractivity contribution < 1.29 is 0 Å². The lowest BCUT2D eigenvalue weighted by Gasteiger charge is -2.34. The van der Waals surface area contributed by atoms with Crippen molar-refractivity contribution in [3.05, 3.63) is 65.0 Å². The smallest absolute Gasteiger partial charge is 0.0991 e. The van der Waals surface area contributed by atoms with E-state index in [2.05, 4.69) is 46.0 Å². The van der Waals surface area contributed by atoms with Crippen LogP contribution < -0.4 is 0 Å². The monoisotopic (exact) mass is 306 g/mol. The van der Waals surface area contributed by atoms with Crippen LogP contribution in [0.25, 0.3) is 0 Å². The first-order valence-corrected chi connectivity index (χ1v) is 8.09. The van der Waals surface area contributed by atoms with Crippen LogP contribution >= 0.6 is 0 Å². The van der Waals surface area contributed by atoms with Crippen LogP contribution in [0.1, 0.15) is 22.4 Å². The first kappa shape index (κ1) is 15.7. The van der Waals surface area contributed by atoms with E-state index >= 15 is 0 Å². The molecule has 1 aliphatic heterocycles. The van der Waals surface area contributed by atoms with Crippen molar-refractivity contribution in [3.63, 3.8) is 0 Å². The molecule has 1 aromatic heterocycles. The number of piperazine rings is 1. The van der Waals surface area contributed by atoms with E-state index in [9.17, 15) is 0 Å². The van der Waals surface area contributed by atoms with E-state index in [1.807, 2.05) is 24.4 Å². The van der Waals surface area contributed by atoms with Crippen LogP contribution in [0, 0.1) is 18.3 Å². The summed E-state index contributed by atoms with van der Waals surface area (Å²) in [4.78, 5) is 9.45. The molecule has 0 aliphatic carbocycles. The molecule has 2 aromatic rings. The second-order valence-electron chi connectivity index (χ2n) is 6.13. The fraction of sp³-hybridized carbons (Fsp3) is 0.368. The topological polar surface area (TPSA) is 43.2 Å². The minimum absolute atomic E-state index is 0.726. The zero-order valence-electron chi connectivity index (χ0n) is 13.6. The lowest BCUT2D eigenvalue weighted by molar-refractivity contribution is 0.121. The van der Waals surface area contributed by atoms with Gasteiger partial charge in [-0.05, 0) is 36.2 Å². The average Bonchev–Trinajstić information content (AvgIpc) is 2.59. The molecule has 0 spiro atoms. The second kappa shape index (κ2) is 7.36. The summed E-state index contributed by atoms with van der Waals surface area (Å²) in [6, 6.07) is 14.2. The zero-order valence-corrected chi connectivity index (χ0v) is 13.6. The Labute approximate surface area is 138 Å². The maximum Gasteiger partial charge on any atom is 0.0991 e. The van der Waals surface area contributed by atoms with Gasteiger partial charge in [0.1, 0.15) is 0 Å². The third-order valence-electron chi connectivity index (χ3n) is 4.45. The van der Waals surface area contributed by atoms with Crippen LogP contribution in [0.2, 0.25) is 0 Å². The Morgan fingerprint density at radius 3 is 2.26 bits per heavy atom. The molecule has 0 unspecified atom stereocenters. The van der Waals surface area contributed by atoms with Gasteiger partial charge in [-0.25, -0.2) is 0 Å². The third kappa shape index (κ3) is 4.16. The van der Waals surface area contributed by atoms with Crippen molar-refractivity contribution >= 4 is 0 Å². The number of aromatic nitrogens is 1. The molecular formula is C19H22N4. The molecule has 0 saturated carbocycles. The van der Waals surface area contributed by atoms with Crippen molar-refractivity contribution in [3.8, 4) is 6.07 Å². The molecular weight excluding hydrogens is 284 g/mol. The van der Waals surface area contributed by atoms with Crippen molar-refractivity contribution in [2.24, 2.45) is 0 Å². The summed E-state index contributed by atoms with van der Waals surface area (Å²) < 4.78 is 0. The number of aryl methyl sites for hydroxylation is 1. The van der Waals surface area contributed by atoms with Crippen LogP contribution in [-0.2, 0) is 13.1 Å². The fourth-order valence-electron chi connectivity index (χ4n) is 2.94. The van der Waals surface area contributed by atoms with Crippen LogP contribution in [0.4, 0.5) is 0 Å². The highest BCUT2D eigenvalue weighted by molar-refractivity contribution is 5.31. The van der Waals surface area contributed by atoms with Gasteiger partial charge in [-0.1, -0.05) is 18.2 Å². The van der Waals surface area contributed by atoms with E-state index in [1.165, 1.54) is 16.8 Å². The first-order valence-electron chi connectivity index (χ1n) is 8.09. The van der Waals surface area contributed by atoms with Crippen molar-refractivity contribution in [1.29, 1.82) is 5.26 Å². The molecule has 0 N–H and O–H groups in total. The maximum absolute atomic E-state index is 8.85. The van der Waals surface area contributed by atoms with Crippen molar-refractivity contribution in [2.45, 2.75) is 20.0 Å². The molecule has 2 heterocycles. The zero-order chi connectivity index (χ0) is 16.1. The molecule has 1 aliphatic rings. The minimum atomic E-state index is 0.726. The van der Waals surface area contributed by atoms with Gasteiger partial charge in [0.25, 0.3) is 0 Å². The Bertz CT molecular complexity index is 679. The number of nitrogens with zero attached hydrogens (tertiary/aromatic N) is 4. The second-order valence-corrected chi connectivity index (χ2v) is 6.13. The van der Waals surface area contributed by atoms with Gasteiger partial charge in [-0.2, -0.15) is 5.26 Å². The lowest BCUT2D eigenvalue weighted by atomic mass is 10.1. The Balaban J connectivity index is 1.50. The highest BCUT2D eigenvalue weighted by atomic mass is 15.3. The number of rotatable bonds is 4.